The van der Waals surface area contributed by atoms with Gasteiger partial charge in [0.15, 0.2) is 6.29 Å². The van der Waals surface area contributed by atoms with Crippen LogP contribution >= 0.6 is 0 Å². The van der Waals surface area contributed by atoms with Crippen LogP contribution in [0.1, 0.15) is 31.1 Å². The van der Waals surface area contributed by atoms with Gasteiger partial charge in [0.25, 0.3) is 5.91 Å². The first-order chi connectivity index (χ1) is 13.5. The Morgan fingerprint density at radius 3 is 2.64 bits per heavy atom. The van der Waals surface area contributed by atoms with E-state index in [0.29, 0.717) is 12.9 Å². The van der Waals surface area contributed by atoms with Gasteiger partial charge in [0, 0.05) is 6.54 Å². The smallest absolute Gasteiger partial charge is 0.336 e. The van der Waals surface area contributed by atoms with Crippen LogP contribution in [-0.4, -0.2) is 65.7 Å². The van der Waals surface area contributed by atoms with Gasteiger partial charge >= 0.3 is 5.97 Å². The van der Waals surface area contributed by atoms with Crippen LogP contribution in [0.15, 0.2) is 42.5 Å². The first kappa shape index (κ1) is 19.4. The number of aromatic carboxylic acids is 1. The van der Waals surface area contributed by atoms with E-state index < -0.39 is 17.9 Å². The lowest BCUT2D eigenvalue weighted by Crippen LogP contribution is -2.51. The number of carbonyl (C=O) groups excluding carboxylic acids is 2. The van der Waals surface area contributed by atoms with Crippen LogP contribution in [0, 0.1) is 0 Å². The maximum Gasteiger partial charge on any atom is 0.336 e. The van der Waals surface area contributed by atoms with Crippen LogP contribution in [0.25, 0.3) is 0 Å². The molecule has 0 aliphatic carbocycles. The molecule has 0 radical (unpaired) electrons. The van der Waals surface area contributed by atoms with Crippen LogP contribution < -0.4 is 4.74 Å². The lowest BCUT2D eigenvalue weighted by molar-refractivity contribution is -0.0152. The average molecular weight is 385 g/mol. The maximum atomic E-state index is 13.0. The van der Waals surface area contributed by atoms with E-state index in [1.165, 1.54) is 23.1 Å². The molecule has 2 aromatic carbocycles. The van der Waals surface area contributed by atoms with E-state index in [-0.39, 0.29) is 47.9 Å². The first-order valence-corrected chi connectivity index (χ1v) is 8.64. The Balaban J connectivity index is 1.80. The molecule has 1 aliphatic rings. The van der Waals surface area contributed by atoms with Crippen molar-refractivity contribution in [3.63, 3.8) is 0 Å². The number of amides is 1. The summed E-state index contributed by atoms with van der Waals surface area (Å²) in [7, 11) is 0. The van der Waals surface area contributed by atoms with Gasteiger partial charge in [0.1, 0.15) is 18.1 Å². The molecule has 1 aliphatic heterocycles. The summed E-state index contributed by atoms with van der Waals surface area (Å²) in [5.41, 5.74) is 0.0380. The Labute approximate surface area is 160 Å². The highest BCUT2D eigenvalue weighted by molar-refractivity contribution is 6.04. The minimum atomic E-state index is -1.18. The van der Waals surface area contributed by atoms with E-state index in [4.69, 9.17) is 9.47 Å². The van der Waals surface area contributed by atoms with Crippen molar-refractivity contribution in [2.24, 2.45) is 0 Å². The molecule has 1 saturated heterocycles. The normalized spacial score (nSPS) is 16.4. The molecule has 1 atom stereocenters. The predicted octanol–water partition coefficient (Wildman–Crippen LogP) is 1.82. The second-order valence-corrected chi connectivity index (χ2v) is 6.20. The Morgan fingerprint density at radius 1 is 1.18 bits per heavy atom. The van der Waals surface area contributed by atoms with Crippen molar-refractivity contribution < 1.29 is 34.1 Å². The van der Waals surface area contributed by atoms with Crippen LogP contribution in [-0.2, 0) is 4.74 Å². The summed E-state index contributed by atoms with van der Waals surface area (Å²) in [6.07, 6.45) is 0.494. The van der Waals surface area contributed by atoms with Crippen molar-refractivity contribution in [3.05, 3.63) is 59.2 Å². The lowest BCUT2D eigenvalue weighted by Gasteiger charge is -2.35. The van der Waals surface area contributed by atoms with Gasteiger partial charge in [-0.05, 0) is 24.3 Å². The quantitative estimate of drug-likeness (QED) is 0.729. The second kappa shape index (κ2) is 8.53. The van der Waals surface area contributed by atoms with E-state index in [2.05, 4.69) is 0 Å². The van der Waals surface area contributed by atoms with Crippen molar-refractivity contribution >= 4 is 18.2 Å². The molecule has 1 heterocycles. The summed E-state index contributed by atoms with van der Waals surface area (Å²) < 4.78 is 11.1. The average Bonchev–Trinajstić information content (AvgIpc) is 2.72. The fraction of sp³-hybridized carbons (Fsp3) is 0.250. The van der Waals surface area contributed by atoms with Crippen molar-refractivity contribution in [2.75, 3.05) is 26.4 Å². The molecule has 2 N–H and O–H groups in total. The summed E-state index contributed by atoms with van der Waals surface area (Å²) in [5, 5.41) is 19.1. The Bertz CT molecular complexity index is 896. The summed E-state index contributed by atoms with van der Waals surface area (Å²) in [5.74, 6) is -1.61. The monoisotopic (exact) mass is 385 g/mol. The SMILES string of the molecule is O=Cc1c(O)cccc1OC[C@@H]1COCCN1C(=O)c1ccccc1C(=O)O. The van der Waals surface area contributed by atoms with Crippen LogP contribution in [0.2, 0.25) is 0 Å². The van der Waals surface area contributed by atoms with Crippen LogP contribution in [0.4, 0.5) is 0 Å². The third-order valence-corrected chi connectivity index (χ3v) is 4.47. The molecule has 0 bridgehead atoms. The molecule has 8 nitrogen and oxygen atoms in total. The number of rotatable bonds is 6. The first-order valence-electron chi connectivity index (χ1n) is 8.64. The van der Waals surface area contributed by atoms with Crippen molar-refractivity contribution in [3.8, 4) is 11.5 Å². The number of aldehydes is 1. The van der Waals surface area contributed by atoms with E-state index in [1.807, 2.05) is 0 Å². The van der Waals surface area contributed by atoms with E-state index in [9.17, 15) is 24.6 Å². The topological polar surface area (TPSA) is 113 Å². The zero-order valence-electron chi connectivity index (χ0n) is 14.9. The fourth-order valence-corrected chi connectivity index (χ4v) is 3.03. The standard InChI is InChI=1S/C20H19NO7/c22-10-16-17(23)6-3-7-18(16)28-12-13-11-27-9-8-21(13)19(24)14-4-1-2-5-15(14)20(25)26/h1-7,10,13,23H,8-9,11-12H2,(H,25,26)/t13-/m0/s1. The maximum absolute atomic E-state index is 13.0. The molecule has 1 amide bonds. The molecule has 28 heavy (non-hydrogen) atoms. The number of carboxylic acid groups (broad SMARTS) is 1. The summed E-state index contributed by atoms with van der Waals surface area (Å²) in [4.78, 5) is 37.1. The number of aromatic hydroxyl groups is 1. The van der Waals surface area contributed by atoms with Crippen LogP contribution in [0.5, 0.6) is 11.5 Å². The van der Waals surface area contributed by atoms with Gasteiger partial charge in [-0.15, -0.1) is 0 Å². The van der Waals surface area contributed by atoms with Crippen molar-refractivity contribution in [1.82, 2.24) is 4.90 Å². The summed E-state index contributed by atoms with van der Waals surface area (Å²) in [6, 6.07) is 9.99. The molecule has 146 valence electrons. The zero-order valence-corrected chi connectivity index (χ0v) is 14.9. The van der Waals surface area contributed by atoms with Crippen LogP contribution in [0.3, 0.4) is 0 Å². The van der Waals surface area contributed by atoms with E-state index in [0.717, 1.165) is 0 Å². The zero-order chi connectivity index (χ0) is 20.1. The highest BCUT2D eigenvalue weighted by Gasteiger charge is 2.31. The molecular formula is C20H19NO7. The highest BCUT2D eigenvalue weighted by Crippen LogP contribution is 2.26. The summed E-state index contributed by atoms with van der Waals surface area (Å²) in [6.45, 7) is 0.825. The number of carboxylic acids is 1. The van der Waals surface area contributed by atoms with E-state index in [1.54, 1.807) is 24.3 Å². The third-order valence-electron chi connectivity index (χ3n) is 4.47. The van der Waals surface area contributed by atoms with Crippen molar-refractivity contribution in [2.45, 2.75) is 6.04 Å². The largest absolute Gasteiger partial charge is 0.507 e. The molecule has 1 fully saturated rings. The van der Waals surface area contributed by atoms with Gasteiger partial charge in [0.2, 0.25) is 0 Å². The lowest BCUT2D eigenvalue weighted by atomic mass is 10.1. The molecule has 0 spiro atoms. The number of phenols is 1. The second-order valence-electron chi connectivity index (χ2n) is 6.20. The van der Waals surface area contributed by atoms with Gasteiger partial charge in [0.05, 0.1) is 35.9 Å². The number of nitrogens with zero attached hydrogens (tertiary/aromatic N) is 1. The Hall–Kier alpha value is -3.39. The van der Waals surface area contributed by atoms with Gasteiger partial charge in [-0.25, -0.2) is 4.79 Å². The van der Waals surface area contributed by atoms with Gasteiger partial charge in [-0.2, -0.15) is 0 Å². The fourth-order valence-electron chi connectivity index (χ4n) is 3.03. The molecule has 8 heteroatoms. The molecule has 0 unspecified atom stereocenters. The number of ether oxygens (including phenoxy) is 2. The minimum absolute atomic E-state index is 0.0191. The molecule has 0 saturated carbocycles. The number of hydrogen-bond acceptors (Lipinski definition) is 6. The molecule has 0 aromatic heterocycles. The number of carbonyl (C=O) groups is 3. The van der Waals surface area contributed by atoms with E-state index >= 15 is 0 Å². The molecular weight excluding hydrogens is 366 g/mol. The minimum Gasteiger partial charge on any atom is -0.507 e. The highest BCUT2D eigenvalue weighted by atomic mass is 16.5. The summed E-state index contributed by atoms with van der Waals surface area (Å²) >= 11 is 0. The third kappa shape index (κ3) is 3.96. The Kier molecular flexibility index (Phi) is 5.90. The van der Waals surface area contributed by atoms with Crippen molar-refractivity contribution in [1.29, 1.82) is 0 Å². The Morgan fingerprint density at radius 2 is 1.93 bits per heavy atom. The molecule has 3 rings (SSSR count). The number of benzene rings is 2. The number of hydrogen-bond donors (Lipinski definition) is 2. The number of morpholine rings is 1. The van der Waals surface area contributed by atoms with Gasteiger partial charge < -0.3 is 24.6 Å². The van der Waals surface area contributed by atoms with Gasteiger partial charge in [-0.1, -0.05) is 18.2 Å². The van der Waals surface area contributed by atoms with Gasteiger partial charge in [-0.3, -0.25) is 9.59 Å². The predicted molar refractivity (Wildman–Crippen MR) is 98.0 cm³/mol. The molecule has 2 aromatic rings. The number of phenolic OH excluding ortho intramolecular Hbond substituents is 1.